The van der Waals surface area contributed by atoms with Gasteiger partial charge >= 0.3 is 5.91 Å². The summed E-state index contributed by atoms with van der Waals surface area (Å²) in [6, 6.07) is 13.1. The first-order valence-corrected chi connectivity index (χ1v) is 8.88. The zero-order chi connectivity index (χ0) is 17.6. The molecular weight excluding hydrogens is 314 g/mol. The molecule has 2 aromatic rings. The van der Waals surface area contributed by atoms with Crippen LogP contribution in [-0.2, 0) is 13.1 Å². The van der Waals surface area contributed by atoms with Crippen molar-refractivity contribution in [3.05, 3.63) is 70.7 Å². The molecule has 0 saturated carbocycles. The molecule has 1 aromatic carbocycles. The first-order valence-electron chi connectivity index (χ1n) is 8.88. The van der Waals surface area contributed by atoms with Gasteiger partial charge in [-0.15, -0.1) is 0 Å². The van der Waals surface area contributed by atoms with Crippen LogP contribution in [0.3, 0.4) is 0 Å². The number of nitrogens with one attached hydrogen (secondary N) is 1. The molecule has 25 heavy (non-hydrogen) atoms. The number of amides is 1. The largest absolute Gasteiger partial charge is 0.618 e. The number of carbonyl (C=O) groups excluding carboxylic acids is 1. The molecule has 0 radical (unpaired) electrons. The van der Waals surface area contributed by atoms with Gasteiger partial charge in [-0.3, -0.25) is 9.69 Å². The van der Waals surface area contributed by atoms with Crippen LogP contribution in [-0.4, -0.2) is 23.9 Å². The first-order chi connectivity index (χ1) is 12.1. The number of hydrogen-bond donors (Lipinski definition) is 1. The van der Waals surface area contributed by atoms with Gasteiger partial charge in [-0.05, 0) is 42.5 Å². The molecular formula is C20H25N3O2. The van der Waals surface area contributed by atoms with Crippen LogP contribution in [0.4, 0.5) is 0 Å². The Morgan fingerprint density at radius 1 is 1.24 bits per heavy atom. The van der Waals surface area contributed by atoms with Gasteiger partial charge in [0.2, 0.25) is 0 Å². The minimum Gasteiger partial charge on any atom is -0.618 e. The van der Waals surface area contributed by atoms with Gasteiger partial charge in [0.05, 0.1) is 0 Å². The van der Waals surface area contributed by atoms with E-state index in [1.165, 1.54) is 43.8 Å². The minimum atomic E-state index is -0.359. The van der Waals surface area contributed by atoms with Crippen LogP contribution in [0.25, 0.3) is 0 Å². The highest BCUT2D eigenvalue weighted by atomic mass is 16.5. The highest BCUT2D eigenvalue weighted by Crippen LogP contribution is 2.18. The molecule has 5 heteroatoms. The zero-order valence-corrected chi connectivity index (χ0v) is 14.6. The molecule has 5 nitrogen and oxygen atoms in total. The zero-order valence-electron chi connectivity index (χ0n) is 14.6. The summed E-state index contributed by atoms with van der Waals surface area (Å²) in [4.78, 5) is 14.6. The van der Waals surface area contributed by atoms with Crippen molar-refractivity contribution in [2.45, 2.75) is 32.9 Å². The highest BCUT2D eigenvalue weighted by molar-refractivity contribution is 5.90. The normalized spacial score (nSPS) is 18.0. The third-order valence-corrected chi connectivity index (χ3v) is 4.68. The Hall–Kier alpha value is -2.40. The van der Waals surface area contributed by atoms with E-state index in [0.717, 1.165) is 18.0 Å². The van der Waals surface area contributed by atoms with Crippen LogP contribution in [0.15, 0.2) is 48.7 Å². The molecule has 1 N–H and O–H groups in total. The number of pyridine rings is 1. The van der Waals surface area contributed by atoms with E-state index < -0.39 is 0 Å². The van der Waals surface area contributed by atoms with Crippen molar-refractivity contribution >= 4 is 5.91 Å². The molecule has 1 aliphatic heterocycles. The first kappa shape index (κ1) is 17.4. The molecule has 1 amide bonds. The van der Waals surface area contributed by atoms with E-state index in [0.29, 0.717) is 11.3 Å². The van der Waals surface area contributed by atoms with Crippen molar-refractivity contribution in [3.63, 3.8) is 0 Å². The minimum absolute atomic E-state index is 0.110. The lowest BCUT2D eigenvalue weighted by Gasteiger charge is -2.30. The number of aromatic nitrogens is 1. The van der Waals surface area contributed by atoms with E-state index in [9.17, 15) is 10.0 Å². The lowest BCUT2D eigenvalue weighted by Crippen LogP contribution is -2.38. The fourth-order valence-corrected chi connectivity index (χ4v) is 3.33. The molecule has 3 rings (SSSR count). The molecule has 0 spiro atoms. The summed E-state index contributed by atoms with van der Waals surface area (Å²) >= 11 is 0. The fraction of sp³-hybridized carbons (Fsp3) is 0.400. The lowest BCUT2D eigenvalue weighted by atomic mass is 9.99. The maximum absolute atomic E-state index is 12.1. The number of carbonyl (C=O) groups is 1. The molecule has 0 aliphatic carbocycles. The van der Waals surface area contributed by atoms with Gasteiger partial charge in [0, 0.05) is 31.8 Å². The molecule has 1 aromatic heterocycles. The predicted octanol–water partition coefficient (Wildman–Crippen LogP) is 2.48. The molecule has 132 valence electrons. The Balaban J connectivity index is 1.52. The fourth-order valence-electron chi connectivity index (χ4n) is 3.33. The molecule has 1 aliphatic rings. The van der Waals surface area contributed by atoms with E-state index in [1.54, 1.807) is 12.1 Å². The summed E-state index contributed by atoms with van der Waals surface area (Å²) in [7, 11) is 0. The Labute approximate surface area is 148 Å². The van der Waals surface area contributed by atoms with Crippen molar-refractivity contribution in [3.8, 4) is 0 Å². The number of benzene rings is 1. The Bertz CT molecular complexity index is 715. The van der Waals surface area contributed by atoms with Crippen molar-refractivity contribution in [2.75, 3.05) is 13.1 Å². The van der Waals surface area contributed by atoms with Crippen molar-refractivity contribution in [1.29, 1.82) is 0 Å². The molecule has 1 atom stereocenters. The monoisotopic (exact) mass is 339 g/mol. The topological polar surface area (TPSA) is 59.3 Å². The van der Waals surface area contributed by atoms with Gasteiger partial charge in [-0.1, -0.05) is 31.2 Å². The predicted molar refractivity (Wildman–Crippen MR) is 96.7 cm³/mol. The maximum atomic E-state index is 12.1. The number of rotatable bonds is 5. The molecule has 1 unspecified atom stereocenters. The van der Waals surface area contributed by atoms with E-state index >= 15 is 0 Å². The van der Waals surface area contributed by atoms with E-state index in [2.05, 4.69) is 29.3 Å². The molecule has 2 heterocycles. The number of piperidine rings is 1. The lowest BCUT2D eigenvalue weighted by molar-refractivity contribution is -0.607. The van der Waals surface area contributed by atoms with Crippen molar-refractivity contribution in [1.82, 2.24) is 10.2 Å². The van der Waals surface area contributed by atoms with Crippen LogP contribution >= 0.6 is 0 Å². The quantitative estimate of drug-likeness (QED) is 0.672. The van der Waals surface area contributed by atoms with Gasteiger partial charge in [-0.2, -0.15) is 4.73 Å². The van der Waals surface area contributed by atoms with E-state index in [4.69, 9.17) is 0 Å². The van der Waals surface area contributed by atoms with Gasteiger partial charge < -0.3 is 10.5 Å². The summed E-state index contributed by atoms with van der Waals surface area (Å²) in [5.41, 5.74) is 2.43. The maximum Gasteiger partial charge on any atom is 0.317 e. The smallest absolute Gasteiger partial charge is 0.317 e. The van der Waals surface area contributed by atoms with Crippen LogP contribution in [0.1, 0.15) is 41.4 Å². The third-order valence-electron chi connectivity index (χ3n) is 4.68. The summed E-state index contributed by atoms with van der Waals surface area (Å²) in [5, 5.41) is 14.4. The number of likely N-dealkylation sites (tertiary alicyclic amines) is 1. The van der Waals surface area contributed by atoms with Gasteiger partial charge in [0.15, 0.2) is 6.20 Å². The second kappa shape index (κ2) is 8.12. The van der Waals surface area contributed by atoms with Crippen LogP contribution in [0, 0.1) is 11.1 Å². The van der Waals surface area contributed by atoms with E-state index in [-0.39, 0.29) is 11.6 Å². The standard InChI is InChI=1S/C20H25N3O2/c1-16-5-4-11-22(14-16)15-18-9-7-17(8-10-18)13-21-20(24)19-6-2-3-12-23(19)25/h2-3,6-10,12,16H,4-5,11,13-15H2,1H3,(H,21,24). The molecule has 1 saturated heterocycles. The van der Waals surface area contributed by atoms with Gasteiger partial charge in [0.1, 0.15) is 0 Å². The highest BCUT2D eigenvalue weighted by Gasteiger charge is 2.16. The van der Waals surface area contributed by atoms with Crippen molar-refractivity contribution in [2.24, 2.45) is 5.92 Å². The Kier molecular flexibility index (Phi) is 5.66. The summed E-state index contributed by atoms with van der Waals surface area (Å²) in [6.07, 6.45) is 3.94. The molecule has 1 fully saturated rings. The summed E-state index contributed by atoms with van der Waals surface area (Å²) < 4.78 is 0.581. The van der Waals surface area contributed by atoms with Crippen LogP contribution in [0.5, 0.6) is 0 Å². The Morgan fingerprint density at radius 3 is 2.72 bits per heavy atom. The molecule has 0 bridgehead atoms. The van der Waals surface area contributed by atoms with Gasteiger partial charge in [-0.25, -0.2) is 0 Å². The SMILES string of the molecule is CC1CCCN(Cc2ccc(CNC(=O)c3cccc[n+]3[O-])cc2)C1. The third kappa shape index (κ3) is 4.79. The van der Waals surface area contributed by atoms with E-state index in [1.807, 2.05) is 12.1 Å². The number of hydrogen-bond acceptors (Lipinski definition) is 3. The Morgan fingerprint density at radius 2 is 2.00 bits per heavy atom. The van der Waals surface area contributed by atoms with Crippen LogP contribution in [0.2, 0.25) is 0 Å². The number of nitrogens with zero attached hydrogens (tertiary/aromatic N) is 2. The second-order valence-electron chi connectivity index (χ2n) is 6.89. The van der Waals surface area contributed by atoms with Crippen molar-refractivity contribution < 1.29 is 9.52 Å². The second-order valence-corrected chi connectivity index (χ2v) is 6.89. The summed E-state index contributed by atoms with van der Waals surface area (Å²) in [6.45, 7) is 6.06. The average molecular weight is 339 g/mol. The van der Waals surface area contributed by atoms with Gasteiger partial charge in [0.25, 0.3) is 5.69 Å². The summed E-state index contributed by atoms with van der Waals surface area (Å²) in [5.74, 6) is 0.423. The average Bonchev–Trinajstić information content (AvgIpc) is 2.61. The van der Waals surface area contributed by atoms with Crippen LogP contribution < -0.4 is 10.0 Å².